The topological polar surface area (TPSA) is 86.5 Å². The van der Waals surface area contributed by atoms with Crippen LogP contribution in [0.5, 0.6) is 5.75 Å². The van der Waals surface area contributed by atoms with Crippen molar-refractivity contribution >= 4 is 29.3 Å². The van der Waals surface area contributed by atoms with Crippen LogP contribution in [-0.2, 0) is 26.3 Å². The third-order valence-corrected chi connectivity index (χ3v) is 6.56. The summed E-state index contributed by atoms with van der Waals surface area (Å²) in [5.41, 5.74) is 2.65. The summed E-state index contributed by atoms with van der Waals surface area (Å²) in [6.07, 6.45) is 0.843. The van der Waals surface area contributed by atoms with Gasteiger partial charge in [0.25, 0.3) is 0 Å². The summed E-state index contributed by atoms with van der Waals surface area (Å²) in [4.78, 5) is 26.6. The van der Waals surface area contributed by atoms with Gasteiger partial charge in [-0.25, -0.2) is 0 Å². The summed E-state index contributed by atoms with van der Waals surface area (Å²) >= 11 is 1.31. The van der Waals surface area contributed by atoms with Gasteiger partial charge < -0.3 is 14.4 Å². The standard InChI is InChI=1S/C24H26N4O4S/c1-24(2)13-16-7-5-6-8-19(16)22-25-26-23(28(22)24)33-15-20(29)27(14-21(30)32-4)17-9-11-18(31-3)12-10-17/h5-12H,13-15H2,1-4H3. The van der Waals surface area contributed by atoms with Gasteiger partial charge in [0, 0.05) is 16.8 Å². The lowest BCUT2D eigenvalue weighted by Crippen LogP contribution is -2.38. The monoisotopic (exact) mass is 466 g/mol. The van der Waals surface area contributed by atoms with Gasteiger partial charge in [0.15, 0.2) is 11.0 Å². The van der Waals surface area contributed by atoms with Crippen molar-refractivity contribution in [3.63, 3.8) is 0 Å². The molecular formula is C24H26N4O4S. The van der Waals surface area contributed by atoms with Crippen molar-refractivity contribution in [3.8, 4) is 17.1 Å². The Morgan fingerprint density at radius 3 is 2.52 bits per heavy atom. The number of amides is 1. The molecule has 0 spiro atoms. The van der Waals surface area contributed by atoms with E-state index in [0.29, 0.717) is 16.6 Å². The second-order valence-electron chi connectivity index (χ2n) is 8.33. The average molecular weight is 467 g/mol. The van der Waals surface area contributed by atoms with E-state index in [4.69, 9.17) is 9.47 Å². The first kappa shape index (κ1) is 22.8. The Bertz CT molecular complexity index is 1170. The molecule has 8 nitrogen and oxygen atoms in total. The van der Waals surface area contributed by atoms with Gasteiger partial charge in [0.2, 0.25) is 5.91 Å². The number of methoxy groups -OCH3 is 2. The van der Waals surface area contributed by atoms with Crippen LogP contribution in [0.3, 0.4) is 0 Å². The molecule has 1 aliphatic rings. The zero-order chi connectivity index (χ0) is 23.6. The van der Waals surface area contributed by atoms with Crippen LogP contribution in [0.25, 0.3) is 11.4 Å². The van der Waals surface area contributed by atoms with Gasteiger partial charge in [-0.05, 0) is 50.1 Å². The van der Waals surface area contributed by atoms with Crippen molar-refractivity contribution in [3.05, 3.63) is 54.1 Å². The van der Waals surface area contributed by atoms with Crippen LogP contribution in [0, 0.1) is 0 Å². The number of hydrogen-bond acceptors (Lipinski definition) is 7. The first-order chi connectivity index (χ1) is 15.8. The molecule has 3 aromatic rings. The smallest absolute Gasteiger partial charge is 0.325 e. The zero-order valence-electron chi connectivity index (χ0n) is 19.1. The number of thioether (sulfide) groups is 1. The second kappa shape index (κ2) is 9.27. The zero-order valence-corrected chi connectivity index (χ0v) is 19.9. The fourth-order valence-electron chi connectivity index (χ4n) is 4.00. The van der Waals surface area contributed by atoms with Crippen molar-refractivity contribution < 1.29 is 19.1 Å². The number of aromatic nitrogens is 3. The number of esters is 1. The maximum Gasteiger partial charge on any atom is 0.325 e. The van der Waals surface area contributed by atoms with E-state index in [1.165, 1.54) is 29.3 Å². The normalized spacial score (nSPS) is 13.6. The molecule has 0 aliphatic carbocycles. The first-order valence-corrected chi connectivity index (χ1v) is 11.5. The van der Waals surface area contributed by atoms with Crippen LogP contribution in [-0.4, -0.2) is 53.2 Å². The molecule has 1 aliphatic heterocycles. The minimum atomic E-state index is -0.498. The Morgan fingerprint density at radius 2 is 1.82 bits per heavy atom. The van der Waals surface area contributed by atoms with Gasteiger partial charge in [0.1, 0.15) is 12.3 Å². The van der Waals surface area contributed by atoms with Crippen LogP contribution in [0.1, 0.15) is 19.4 Å². The van der Waals surface area contributed by atoms with Gasteiger partial charge in [-0.1, -0.05) is 36.0 Å². The van der Waals surface area contributed by atoms with Crippen LogP contribution in [0.15, 0.2) is 53.7 Å². The van der Waals surface area contributed by atoms with Crippen molar-refractivity contribution in [1.82, 2.24) is 14.8 Å². The molecule has 0 unspecified atom stereocenters. The number of hydrogen-bond donors (Lipinski definition) is 0. The highest BCUT2D eigenvalue weighted by molar-refractivity contribution is 7.99. The Hall–Kier alpha value is -3.33. The summed E-state index contributed by atoms with van der Waals surface area (Å²) in [5.74, 6) is 0.831. The maximum atomic E-state index is 13.2. The van der Waals surface area contributed by atoms with E-state index < -0.39 is 5.97 Å². The van der Waals surface area contributed by atoms with E-state index in [0.717, 1.165) is 17.8 Å². The van der Waals surface area contributed by atoms with E-state index in [2.05, 4.69) is 34.7 Å². The summed E-state index contributed by atoms with van der Waals surface area (Å²) in [6.45, 7) is 4.10. The van der Waals surface area contributed by atoms with E-state index >= 15 is 0 Å². The number of ether oxygens (including phenoxy) is 2. The quantitative estimate of drug-likeness (QED) is 0.389. The molecule has 1 amide bonds. The molecule has 172 valence electrons. The van der Waals surface area contributed by atoms with Crippen molar-refractivity contribution in [2.24, 2.45) is 0 Å². The largest absolute Gasteiger partial charge is 0.497 e. The maximum absolute atomic E-state index is 13.2. The molecular weight excluding hydrogens is 440 g/mol. The Morgan fingerprint density at radius 1 is 1.09 bits per heavy atom. The van der Waals surface area contributed by atoms with Crippen molar-refractivity contribution in [1.29, 1.82) is 0 Å². The fraction of sp³-hybridized carbons (Fsp3) is 0.333. The molecule has 0 atom stereocenters. The summed E-state index contributed by atoms with van der Waals surface area (Å²) in [6, 6.07) is 15.2. The highest BCUT2D eigenvalue weighted by Crippen LogP contribution is 2.39. The van der Waals surface area contributed by atoms with Crippen LogP contribution in [0.2, 0.25) is 0 Å². The molecule has 0 N–H and O–H groups in total. The molecule has 0 saturated heterocycles. The molecule has 9 heteroatoms. The van der Waals surface area contributed by atoms with Crippen LogP contribution in [0.4, 0.5) is 5.69 Å². The molecule has 33 heavy (non-hydrogen) atoms. The van der Waals surface area contributed by atoms with Gasteiger partial charge in [0.05, 0.1) is 20.0 Å². The van der Waals surface area contributed by atoms with Crippen LogP contribution < -0.4 is 9.64 Å². The van der Waals surface area contributed by atoms with Gasteiger partial charge >= 0.3 is 5.97 Å². The van der Waals surface area contributed by atoms with Gasteiger partial charge in [-0.2, -0.15) is 0 Å². The predicted octanol–water partition coefficient (Wildman–Crippen LogP) is 3.54. The highest BCUT2D eigenvalue weighted by atomic mass is 32.2. The summed E-state index contributed by atoms with van der Waals surface area (Å²) in [5, 5.41) is 9.50. The van der Waals surface area contributed by atoms with Crippen molar-refractivity contribution in [2.45, 2.75) is 31.0 Å². The summed E-state index contributed by atoms with van der Waals surface area (Å²) < 4.78 is 12.1. The number of rotatable bonds is 7. The Kier molecular flexibility index (Phi) is 6.42. The first-order valence-electron chi connectivity index (χ1n) is 10.5. The Balaban J connectivity index is 1.57. The average Bonchev–Trinajstić information content (AvgIpc) is 3.26. The minimum absolute atomic E-state index is 0.0961. The molecule has 0 bridgehead atoms. The van der Waals surface area contributed by atoms with E-state index in [9.17, 15) is 9.59 Å². The van der Waals surface area contributed by atoms with Gasteiger partial charge in [-0.15, -0.1) is 10.2 Å². The van der Waals surface area contributed by atoms with E-state index in [1.807, 2.05) is 18.2 Å². The molecule has 2 heterocycles. The number of anilines is 1. The third kappa shape index (κ3) is 4.59. The molecule has 2 aromatic carbocycles. The number of nitrogens with zero attached hydrogens (tertiary/aromatic N) is 4. The lowest BCUT2D eigenvalue weighted by Gasteiger charge is -2.34. The van der Waals surface area contributed by atoms with Crippen molar-refractivity contribution in [2.75, 3.05) is 31.4 Å². The number of fused-ring (bicyclic) bond motifs is 3. The van der Waals surface area contributed by atoms with E-state index in [1.54, 1.807) is 31.4 Å². The minimum Gasteiger partial charge on any atom is -0.497 e. The molecule has 0 fully saturated rings. The Labute approximate surface area is 196 Å². The molecule has 1 aromatic heterocycles. The lowest BCUT2D eigenvalue weighted by molar-refractivity contribution is -0.139. The molecule has 0 saturated carbocycles. The predicted molar refractivity (Wildman–Crippen MR) is 127 cm³/mol. The SMILES string of the molecule is COC(=O)CN(C(=O)CSc1nnc2n1C(C)(C)Cc1ccccc1-2)c1ccc(OC)cc1. The number of carbonyl (C=O) groups is 2. The van der Waals surface area contributed by atoms with Gasteiger partial charge in [-0.3, -0.25) is 14.2 Å². The third-order valence-electron chi connectivity index (χ3n) is 5.64. The molecule has 0 radical (unpaired) electrons. The summed E-state index contributed by atoms with van der Waals surface area (Å²) in [7, 11) is 2.87. The second-order valence-corrected chi connectivity index (χ2v) is 9.27. The number of carbonyl (C=O) groups excluding carboxylic acids is 2. The highest BCUT2D eigenvalue weighted by Gasteiger charge is 2.34. The fourth-order valence-corrected chi connectivity index (χ4v) is 4.97. The number of benzene rings is 2. The molecule has 4 rings (SSSR count). The lowest BCUT2D eigenvalue weighted by atomic mass is 9.87. The van der Waals surface area contributed by atoms with Crippen LogP contribution >= 0.6 is 11.8 Å². The van der Waals surface area contributed by atoms with E-state index in [-0.39, 0.29) is 23.7 Å².